The predicted octanol–water partition coefficient (Wildman–Crippen LogP) is 5.13. The summed E-state index contributed by atoms with van der Waals surface area (Å²) in [7, 11) is 0. The van der Waals surface area contributed by atoms with E-state index >= 15 is 0 Å². The van der Waals surface area contributed by atoms with Crippen LogP contribution in [0.4, 0.5) is 4.39 Å². The van der Waals surface area contributed by atoms with Crippen molar-refractivity contribution in [3.8, 4) is 0 Å². The Hall–Kier alpha value is -1.19. The summed E-state index contributed by atoms with van der Waals surface area (Å²) >= 11 is 3.20. The van der Waals surface area contributed by atoms with Gasteiger partial charge in [-0.3, -0.25) is 0 Å². The Morgan fingerprint density at radius 1 is 1.10 bits per heavy atom. The molecule has 0 saturated carbocycles. The summed E-state index contributed by atoms with van der Waals surface area (Å²) in [6.45, 7) is 6.59. The van der Waals surface area contributed by atoms with Gasteiger partial charge in [0.05, 0.1) is 4.47 Å². The third-order valence-electron chi connectivity index (χ3n) is 3.65. The number of halogens is 2. The molecule has 0 radical (unpaired) electrons. The summed E-state index contributed by atoms with van der Waals surface area (Å²) in [4.78, 5) is 0. The fourth-order valence-corrected chi connectivity index (χ4v) is 2.65. The molecular formula is C18H21BrFN. The molecule has 0 spiro atoms. The van der Waals surface area contributed by atoms with Crippen LogP contribution in [-0.4, -0.2) is 0 Å². The molecule has 3 heteroatoms. The fourth-order valence-electron chi connectivity index (χ4n) is 2.26. The molecule has 2 N–H and O–H groups in total. The van der Waals surface area contributed by atoms with Crippen LogP contribution in [0, 0.1) is 5.82 Å². The monoisotopic (exact) mass is 349 g/mol. The van der Waals surface area contributed by atoms with Gasteiger partial charge >= 0.3 is 0 Å². The van der Waals surface area contributed by atoms with Gasteiger partial charge in [0.15, 0.2) is 0 Å². The van der Waals surface area contributed by atoms with Gasteiger partial charge in [-0.15, -0.1) is 0 Å². The lowest BCUT2D eigenvalue weighted by molar-refractivity contribution is 0.589. The third kappa shape index (κ3) is 4.14. The summed E-state index contributed by atoms with van der Waals surface area (Å²) in [6.07, 6.45) is 0.739. The Labute approximate surface area is 134 Å². The van der Waals surface area contributed by atoms with Gasteiger partial charge in [0.2, 0.25) is 0 Å². The van der Waals surface area contributed by atoms with Gasteiger partial charge in [-0.2, -0.15) is 0 Å². The van der Waals surface area contributed by atoms with Crippen LogP contribution in [-0.2, 0) is 11.8 Å². The molecule has 0 aliphatic rings. The summed E-state index contributed by atoms with van der Waals surface area (Å²) in [5.74, 6) is -0.263. The maximum Gasteiger partial charge on any atom is 0.137 e. The van der Waals surface area contributed by atoms with E-state index in [1.54, 1.807) is 12.1 Å². The van der Waals surface area contributed by atoms with Crippen LogP contribution in [0.5, 0.6) is 0 Å². The van der Waals surface area contributed by atoms with Crippen molar-refractivity contribution in [3.05, 3.63) is 69.4 Å². The van der Waals surface area contributed by atoms with Crippen LogP contribution in [0.1, 0.15) is 43.5 Å². The molecule has 0 bridgehead atoms. The van der Waals surface area contributed by atoms with E-state index in [2.05, 4.69) is 61.0 Å². The van der Waals surface area contributed by atoms with E-state index < -0.39 is 0 Å². The first-order chi connectivity index (χ1) is 9.77. The minimum Gasteiger partial charge on any atom is -0.324 e. The fraction of sp³-hybridized carbons (Fsp3) is 0.333. The number of rotatable bonds is 3. The quantitative estimate of drug-likeness (QED) is 0.816. The van der Waals surface area contributed by atoms with Crippen molar-refractivity contribution >= 4 is 15.9 Å². The second-order valence-corrected chi connectivity index (χ2v) is 7.29. The topological polar surface area (TPSA) is 26.0 Å². The van der Waals surface area contributed by atoms with Crippen molar-refractivity contribution < 1.29 is 4.39 Å². The first-order valence-corrected chi connectivity index (χ1v) is 7.86. The van der Waals surface area contributed by atoms with Crippen LogP contribution < -0.4 is 5.73 Å². The molecule has 0 aliphatic carbocycles. The zero-order valence-electron chi connectivity index (χ0n) is 12.7. The smallest absolute Gasteiger partial charge is 0.137 e. The average Bonchev–Trinajstić information content (AvgIpc) is 2.41. The molecule has 0 aromatic heterocycles. The van der Waals surface area contributed by atoms with E-state index in [-0.39, 0.29) is 17.3 Å². The van der Waals surface area contributed by atoms with Gasteiger partial charge in [-0.25, -0.2) is 4.39 Å². The highest BCUT2D eigenvalue weighted by Gasteiger charge is 2.14. The van der Waals surface area contributed by atoms with Gasteiger partial charge in [0.1, 0.15) is 5.82 Å². The Bertz CT molecular complexity index is 614. The van der Waals surface area contributed by atoms with Crippen molar-refractivity contribution in [2.24, 2.45) is 5.73 Å². The summed E-state index contributed by atoms with van der Waals surface area (Å²) < 4.78 is 13.7. The molecule has 0 aliphatic heterocycles. The molecule has 1 unspecified atom stereocenters. The molecule has 0 saturated heterocycles. The molecular weight excluding hydrogens is 329 g/mol. The lowest BCUT2D eigenvalue weighted by Crippen LogP contribution is -2.14. The molecule has 0 fully saturated rings. The van der Waals surface area contributed by atoms with Crippen molar-refractivity contribution in [1.29, 1.82) is 0 Å². The predicted molar refractivity (Wildman–Crippen MR) is 89.9 cm³/mol. The SMILES string of the molecule is CC(C)(C)c1ccc(CC(N)c2ccc(F)c(Br)c2)cc1. The van der Waals surface area contributed by atoms with Gasteiger partial charge in [-0.05, 0) is 56.6 Å². The van der Waals surface area contributed by atoms with Crippen molar-refractivity contribution in [2.75, 3.05) is 0 Å². The summed E-state index contributed by atoms with van der Waals surface area (Å²) in [5.41, 5.74) is 9.82. The van der Waals surface area contributed by atoms with Crippen LogP contribution in [0.15, 0.2) is 46.9 Å². The summed E-state index contributed by atoms with van der Waals surface area (Å²) in [6, 6.07) is 13.4. The van der Waals surface area contributed by atoms with Crippen LogP contribution in [0.2, 0.25) is 0 Å². The Kier molecular flexibility index (Phi) is 4.84. The van der Waals surface area contributed by atoms with Crippen molar-refractivity contribution in [2.45, 2.75) is 38.6 Å². The van der Waals surface area contributed by atoms with E-state index in [1.807, 2.05) is 0 Å². The van der Waals surface area contributed by atoms with Gasteiger partial charge in [-0.1, -0.05) is 51.1 Å². The lowest BCUT2D eigenvalue weighted by Gasteiger charge is -2.19. The molecule has 2 aromatic rings. The number of hydrogen-bond donors (Lipinski definition) is 1. The highest BCUT2D eigenvalue weighted by Crippen LogP contribution is 2.25. The Morgan fingerprint density at radius 2 is 1.71 bits per heavy atom. The van der Waals surface area contributed by atoms with E-state index in [4.69, 9.17) is 5.73 Å². The number of benzene rings is 2. The maximum atomic E-state index is 13.3. The Morgan fingerprint density at radius 3 is 2.24 bits per heavy atom. The highest BCUT2D eigenvalue weighted by atomic mass is 79.9. The maximum absolute atomic E-state index is 13.3. The zero-order valence-corrected chi connectivity index (χ0v) is 14.2. The van der Waals surface area contributed by atoms with Gasteiger partial charge in [0.25, 0.3) is 0 Å². The van der Waals surface area contributed by atoms with Crippen molar-refractivity contribution in [1.82, 2.24) is 0 Å². The molecule has 0 amide bonds. The van der Waals surface area contributed by atoms with E-state index in [9.17, 15) is 4.39 Å². The second-order valence-electron chi connectivity index (χ2n) is 6.43. The molecule has 21 heavy (non-hydrogen) atoms. The van der Waals surface area contributed by atoms with Crippen LogP contribution in [0.3, 0.4) is 0 Å². The normalized spacial score (nSPS) is 13.2. The second kappa shape index (κ2) is 6.29. The Balaban J connectivity index is 2.12. The third-order valence-corrected chi connectivity index (χ3v) is 4.26. The molecule has 1 atom stereocenters. The van der Waals surface area contributed by atoms with E-state index in [1.165, 1.54) is 17.2 Å². The van der Waals surface area contributed by atoms with E-state index in [0.717, 1.165) is 12.0 Å². The average molecular weight is 350 g/mol. The standard InChI is InChI=1S/C18H21BrFN/c1-18(2,3)14-7-4-12(5-8-14)10-17(21)13-6-9-16(20)15(19)11-13/h4-9,11,17H,10,21H2,1-3H3. The minimum absolute atomic E-state index is 0.137. The van der Waals surface area contributed by atoms with Gasteiger partial charge in [0, 0.05) is 6.04 Å². The van der Waals surface area contributed by atoms with Crippen LogP contribution >= 0.6 is 15.9 Å². The number of hydrogen-bond acceptors (Lipinski definition) is 1. The number of nitrogens with two attached hydrogens (primary N) is 1. The van der Waals surface area contributed by atoms with Crippen molar-refractivity contribution in [3.63, 3.8) is 0 Å². The van der Waals surface area contributed by atoms with E-state index in [0.29, 0.717) is 4.47 Å². The highest BCUT2D eigenvalue weighted by molar-refractivity contribution is 9.10. The first kappa shape index (κ1) is 16.2. The molecule has 0 heterocycles. The first-order valence-electron chi connectivity index (χ1n) is 7.07. The largest absolute Gasteiger partial charge is 0.324 e. The molecule has 2 aromatic carbocycles. The molecule has 112 valence electrons. The molecule has 1 nitrogen and oxygen atoms in total. The minimum atomic E-state index is -0.263. The van der Waals surface area contributed by atoms with Gasteiger partial charge < -0.3 is 5.73 Å². The lowest BCUT2D eigenvalue weighted by atomic mass is 9.86. The molecule has 2 rings (SSSR count). The summed E-state index contributed by atoms with van der Waals surface area (Å²) in [5, 5.41) is 0. The zero-order chi connectivity index (χ0) is 15.6. The van der Waals surface area contributed by atoms with Crippen LogP contribution in [0.25, 0.3) is 0 Å².